The molecule has 3 heteroatoms. The van der Waals surface area contributed by atoms with Crippen LogP contribution in [0, 0.1) is 5.92 Å². The molecular weight excluding hydrogens is 186 g/mol. The summed E-state index contributed by atoms with van der Waals surface area (Å²) in [5.41, 5.74) is 0. The molecule has 2 nitrogen and oxygen atoms in total. The van der Waals surface area contributed by atoms with Crippen LogP contribution >= 0.6 is 11.6 Å². The van der Waals surface area contributed by atoms with Gasteiger partial charge in [-0.2, -0.15) is 0 Å². The van der Waals surface area contributed by atoms with Crippen LogP contribution in [0.4, 0.5) is 0 Å². The zero-order valence-electron chi connectivity index (χ0n) is 8.39. The van der Waals surface area contributed by atoms with Gasteiger partial charge in [0, 0.05) is 25.1 Å². The molecule has 78 valence electrons. The highest BCUT2D eigenvalue weighted by molar-refractivity contribution is 6.21. The van der Waals surface area contributed by atoms with E-state index in [1.165, 1.54) is 12.8 Å². The minimum absolute atomic E-state index is 0.354. The molecule has 1 atom stereocenters. The Morgan fingerprint density at radius 3 is 2.92 bits per heavy atom. The van der Waals surface area contributed by atoms with Gasteiger partial charge in [-0.05, 0) is 38.6 Å². The Hall–Kier alpha value is 0.210. The molecule has 1 aliphatic carbocycles. The maximum absolute atomic E-state index is 6.12. The van der Waals surface area contributed by atoms with Gasteiger partial charge in [0.1, 0.15) is 0 Å². The number of nitrogens with one attached hydrogen (secondary N) is 1. The Kier molecular flexibility index (Phi) is 5.76. The summed E-state index contributed by atoms with van der Waals surface area (Å²) in [5, 5.41) is 3.71. The zero-order valence-corrected chi connectivity index (χ0v) is 9.15. The molecule has 1 aliphatic rings. The maximum atomic E-state index is 6.12. The Morgan fingerprint density at radius 2 is 2.31 bits per heavy atom. The van der Waals surface area contributed by atoms with E-state index in [1.54, 1.807) is 0 Å². The Labute approximate surface area is 86.0 Å². The summed E-state index contributed by atoms with van der Waals surface area (Å²) in [7, 11) is 0. The molecule has 1 fully saturated rings. The predicted molar refractivity (Wildman–Crippen MR) is 56.3 cm³/mol. The van der Waals surface area contributed by atoms with Gasteiger partial charge < -0.3 is 10.1 Å². The molecule has 1 saturated carbocycles. The van der Waals surface area contributed by atoms with Gasteiger partial charge in [-0.1, -0.05) is 0 Å². The maximum Gasteiger partial charge on any atom is 0.0488 e. The fraction of sp³-hybridized carbons (Fsp3) is 1.00. The summed E-state index contributed by atoms with van der Waals surface area (Å²) in [4.78, 5) is 0. The van der Waals surface area contributed by atoms with Gasteiger partial charge in [0.2, 0.25) is 0 Å². The van der Waals surface area contributed by atoms with Crippen molar-refractivity contribution >= 4 is 11.6 Å². The molecule has 0 aliphatic heterocycles. The van der Waals surface area contributed by atoms with Gasteiger partial charge >= 0.3 is 0 Å². The first-order valence-corrected chi connectivity index (χ1v) is 5.70. The first-order valence-electron chi connectivity index (χ1n) is 5.27. The van der Waals surface area contributed by atoms with Gasteiger partial charge in [-0.15, -0.1) is 11.6 Å². The van der Waals surface area contributed by atoms with Gasteiger partial charge in [0.15, 0.2) is 0 Å². The highest BCUT2D eigenvalue weighted by Crippen LogP contribution is 2.35. The number of rotatable bonds is 8. The minimum Gasteiger partial charge on any atom is -0.382 e. The fourth-order valence-corrected chi connectivity index (χ4v) is 1.67. The van der Waals surface area contributed by atoms with Crippen LogP contribution in [0.15, 0.2) is 0 Å². The molecule has 0 radical (unpaired) electrons. The number of alkyl halides is 1. The number of hydrogen-bond donors (Lipinski definition) is 1. The highest BCUT2D eigenvalue weighted by Gasteiger charge is 2.28. The SMILES string of the molecule is CCOCCCNCC(Cl)C1CC1. The predicted octanol–water partition coefficient (Wildman–Crippen LogP) is 2.02. The van der Waals surface area contributed by atoms with Gasteiger partial charge in [-0.3, -0.25) is 0 Å². The molecular formula is C10H20ClNO. The van der Waals surface area contributed by atoms with E-state index in [0.717, 1.165) is 38.6 Å². The fourth-order valence-electron chi connectivity index (χ4n) is 1.31. The van der Waals surface area contributed by atoms with E-state index >= 15 is 0 Å². The first-order chi connectivity index (χ1) is 6.34. The number of hydrogen-bond acceptors (Lipinski definition) is 2. The molecule has 0 amide bonds. The smallest absolute Gasteiger partial charge is 0.0488 e. The lowest BCUT2D eigenvalue weighted by atomic mass is 10.3. The molecule has 1 N–H and O–H groups in total. The third-order valence-electron chi connectivity index (χ3n) is 2.32. The molecule has 1 unspecified atom stereocenters. The Balaban J connectivity index is 1.77. The van der Waals surface area contributed by atoms with Crippen molar-refractivity contribution in [3.8, 4) is 0 Å². The number of ether oxygens (including phenoxy) is 1. The van der Waals surface area contributed by atoms with Crippen molar-refractivity contribution in [2.45, 2.75) is 31.6 Å². The second kappa shape index (κ2) is 6.63. The first kappa shape index (κ1) is 11.3. The Morgan fingerprint density at radius 1 is 1.54 bits per heavy atom. The lowest BCUT2D eigenvalue weighted by molar-refractivity contribution is 0.145. The summed E-state index contributed by atoms with van der Waals surface area (Å²) >= 11 is 6.12. The van der Waals surface area contributed by atoms with Gasteiger partial charge in [0.25, 0.3) is 0 Å². The van der Waals surface area contributed by atoms with Crippen molar-refractivity contribution in [1.82, 2.24) is 5.32 Å². The third-order valence-corrected chi connectivity index (χ3v) is 2.83. The Bertz CT molecular complexity index is 128. The van der Waals surface area contributed by atoms with Crippen LogP contribution in [-0.4, -0.2) is 31.7 Å². The summed E-state index contributed by atoms with van der Waals surface area (Å²) in [6, 6.07) is 0. The van der Waals surface area contributed by atoms with Crippen molar-refractivity contribution in [2.75, 3.05) is 26.3 Å². The molecule has 1 rings (SSSR count). The second-order valence-electron chi connectivity index (χ2n) is 3.61. The molecule has 0 bridgehead atoms. The minimum atomic E-state index is 0.354. The van der Waals surface area contributed by atoms with Crippen LogP contribution in [0.3, 0.4) is 0 Å². The van der Waals surface area contributed by atoms with E-state index in [4.69, 9.17) is 16.3 Å². The quantitative estimate of drug-likeness (QED) is 0.484. The molecule has 13 heavy (non-hydrogen) atoms. The van der Waals surface area contributed by atoms with E-state index in [2.05, 4.69) is 5.32 Å². The van der Waals surface area contributed by atoms with E-state index in [-0.39, 0.29) is 0 Å². The highest BCUT2D eigenvalue weighted by atomic mass is 35.5. The normalized spacial score (nSPS) is 18.9. The van der Waals surface area contributed by atoms with Crippen molar-refractivity contribution in [1.29, 1.82) is 0 Å². The van der Waals surface area contributed by atoms with E-state index in [1.807, 2.05) is 6.92 Å². The monoisotopic (exact) mass is 205 g/mol. The van der Waals surface area contributed by atoms with Crippen molar-refractivity contribution in [3.05, 3.63) is 0 Å². The second-order valence-corrected chi connectivity index (χ2v) is 4.17. The van der Waals surface area contributed by atoms with E-state index in [0.29, 0.717) is 5.38 Å². The van der Waals surface area contributed by atoms with Crippen LogP contribution in [0.1, 0.15) is 26.2 Å². The molecule has 0 aromatic rings. The molecule has 0 aromatic carbocycles. The topological polar surface area (TPSA) is 21.3 Å². The molecule has 0 spiro atoms. The van der Waals surface area contributed by atoms with Crippen LogP contribution < -0.4 is 5.32 Å². The van der Waals surface area contributed by atoms with Crippen LogP contribution in [0.2, 0.25) is 0 Å². The largest absolute Gasteiger partial charge is 0.382 e. The number of halogens is 1. The van der Waals surface area contributed by atoms with Crippen LogP contribution in [-0.2, 0) is 4.74 Å². The lowest BCUT2D eigenvalue weighted by Gasteiger charge is -2.09. The zero-order chi connectivity index (χ0) is 9.52. The summed E-state index contributed by atoms with van der Waals surface area (Å²) in [6.45, 7) is 5.68. The lowest BCUT2D eigenvalue weighted by Crippen LogP contribution is -2.26. The van der Waals surface area contributed by atoms with Crippen molar-refractivity contribution < 1.29 is 4.74 Å². The third kappa shape index (κ3) is 5.50. The molecule has 0 heterocycles. The average molecular weight is 206 g/mol. The van der Waals surface area contributed by atoms with E-state index in [9.17, 15) is 0 Å². The van der Waals surface area contributed by atoms with Gasteiger partial charge in [0.05, 0.1) is 0 Å². The van der Waals surface area contributed by atoms with Gasteiger partial charge in [-0.25, -0.2) is 0 Å². The molecule has 0 saturated heterocycles. The van der Waals surface area contributed by atoms with Crippen molar-refractivity contribution in [2.24, 2.45) is 5.92 Å². The standard InChI is InChI=1S/C10H20ClNO/c1-2-13-7-3-6-12-8-10(11)9-4-5-9/h9-10,12H,2-8H2,1H3. The summed E-state index contributed by atoms with van der Waals surface area (Å²) in [6.07, 6.45) is 3.74. The van der Waals surface area contributed by atoms with E-state index < -0.39 is 0 Å². The molecule has 0 aromatic heterocycles. The average Bonchev–Trinajstić information content (AvgIpc) is 2.93. The van der Waals surface area contributed by atoms with Crippen LogP contribution in [0.25, 0.3) is 0 Å². The summed E-state index contributed by atoms with van der Waals surface area (Å²) in [5.74, 6) is 0.793. The van der Waals surface area contributed by atoms with Crippen molar-refractivity contribution in [3.63, 3.8) is 0 Å². The summed E-state index contributed by atoms with van der Waals surface area (Å²) < 4.78 is 5.23. The van der Waals surface area contributed by atoms with Crippen LogP contribution in [0.5, 0.6) is 0 Å².